The minimum Gasteiger partial charge on any atom is -0.455 e. The van der Waals surface area contributed by atoms with Crippen LogP contribution in [0.15, 0.2) is 133 Å². The first-order valence-electron chi connectivity index (χ1n) is 15.8. The maximum absolute atomic E-state index is 7.00. The highest BCUT2D eigenvalue weighted by Crippen LogP contribution is 2.53. The highest BCUT2D eigenvalue weighted by Gasteiger charge is 2.41. The van der Waals surface area contributed by atoms with Crippen molar-refractivity contribution in [2.24, 2.45) is 0 Å². The molecule has 0 saturated carbocycles. The Bertz CT molecular complexity index is 1870. The number of nitrogens with two attached hydrogens (primary N) is 4. The van der Waals surface area contributed by atoms with Crippen LogP contribution in [0.3, 0.4) is 0 Å². The van der Waals surface area contributed by atoms with Crippen molar-refractivity contribution < 1.29 is 22.8 Å². The van der Waals surface area contributed by atoms with Gasteiger partial charge in [-0.1, -0.05) is 38.1 Å². The molecule has 9 nitrogen and oxygen atoms in total. The van der Waals surface area contributed by atoms with Gasteiger partial charge in [-0.25, -0.2) is 0 Å². The molecule has 1 aliphatic heterocycles. The molecule has 0 bridgehead atoms. The summed E-state index contributed by atoms with van der Waals surface area (Å²) in [7, 11) is -3.54. The van der Waals surface area contributed by atoms with E-state index in [-0.39, 0.29) is 0 Å². The van der Waals surface area contributed by atoms with Crippen LogP contribution in [-0.4, -0.2) is 0 Å². The summed E-state index contributed by atoms with van der Waals surface area (Å²) in [4.78, 5) is 0. The fourth-order valence-electron chi connectivity index (χ4n) is 5.51. The van der Waals surface area contributed by atoms with Gasteiger partial charge in [-0.3, -0.25) is 0 Å². The van der Waals surface area contributed by atoms with Crippen molar-refractivity contribution in [2.75, 3.05) is 22.9 Å². The van der Waals surface area contributed by atoms with Gasteiger partial charge in [0.25, 0.3) is 0 Å². The molecule has 0 aliphatic carbocycles. The first-order valence-corrected chi connectivity index (χ1v) is 18.2. The Morgan fingerprint density at radius 2 is 0.700 bits per heavy atom. The van der Waals surface area contributed by atoms with Crippen LogP contribution in [0.2, 0.25) is 0 Å². The maximum Gasteiger partial charge on any atom is 0.330 e. The van der Waals surface area contributed by atoms with E-state index in [2.05, 4.69) is 26.0 Å². The number of hydrogen-bond acceptors (Lipinski definition) is 9. The largest absolute Gasteiger partial charge is 0.455 e. The predicted molar refractivity (Wildman–Crippen MR) is 204 cm³/mol. The molecule has 0 saturated heterocycles. The zero-order chi connectivity index (χ0) is 34.8. The van der Waals surface area contributed by atoms with Crippen LogP contribution >= 0.6 is 16.8 Å². The number of para-hydroxylation sites is 2. The molecule has 252 valence electrons. The van der Waals surface area contributed by atoms with Gasteiger partial charge in [0, 0.05) is 39.3 Å². The first-order chi connectivity index (χ1) is 24.1. The number of fused-ring (bicyclic) bond motifs is 2. The van der Waals surface area contributed by atoms with E-state index in [0.717, 1.165) is 21.7 Å². The molecule has 0 radical (unpaired) electrons. The quantitative estimate of drug-likeness (QED) is 0.0813. The zero-order valence-electron chi connectivity index (χ0n) is 27.4. The zero-order valence-corrected chi connectivity index (χ0v) is 29.2. The van der Waals surface area contributed by atoms with Gasteiger partial charge in [0.1, 0.15) is 34.5 Å². The lowest BCUT2D eigenvalue weighted by atomic mass is 9.76. The van der Waals surface area contributed by atoms with Gasteiger partial charge in [-0.2, -0.15) is 0 Å². The summed E-state index contributed by atoms with van der Waals surface area (Å²) in [5.41, 5.74) is 27.9. The van der Waals surface area contributed by atoms with Crippen LogP contribution in [0, 0.1) is 0 Å². The lowest BCUT2D eigenvalue weighted by Crippen LogP contribution is -2.30. The monoisotopic (exact) mass is 702 g/mol. The van der Waals surface area contributed by atoms with Gasteiger partial charge in [-0.05, 0) is 109 Å². The van der Waals surface area contributed by atoms with Crippen molar-refractivity contribution >= 4 is 50.1 Å². The van der Waals surface area contributed by atoms with Crippen molar-refractivity contribution in [1.29, 1.82) is 0 Å². The van der Waals surface area contributed by atoms with Crippen molar-refractivity contribution in [1.82, 2.24) is 0 Å². The van der Waals surface area contributed by atoms with E-state index < -0.39 is 22.2 Å². The highest BCUT2D eigenvalue weighted by atomic mass is 31.2. The molecular formula is C39H36N4O5P2. The number of anilines is 4. The Hall–Kier alpha value is -5.62. The standard InChI is InChI=1S/C39H36N4O5P2/c1-39(2)33-5-3-7-35(49(45-29-17-9-25(40)10-18-29)46-30-19-11-26(41)12-20-30)37(33)44-38-34(39)6-4-8-36(38)50(47-31-21-13-27(42)14-22-31)48-32-23-15-28(43)16-24-32/h3-24H,40-43H2,1-2H3. The molecule has 0 fully saturated rings. The Morgan fingerprint density at radius 3 is 0.980 bits per heavy atom. The maximum atomic E-state index is 7.00. The van der Waals surface area contributed by atoms with Gasteiger partial charge in [0.15, 0.2) is 0 Å². The third kappa shape index (κ3) is 6.92. The molecule has 7 rings (SSSR count). The molecular weight excluding hydrogens is 666 g/mol. The minimum absolute atomic E-state index is 0.484. The van der Waals surface area contributed by atoms with Crippen LogP contribution < -0.4 is 56.4 Å². The van der Waals surface area contributed by atoms with Gasteiger partial charge in [0.2, 0.25) is 0 Å². The molecule has 1 aliphatic rings. The van der Waals surface area contributed by atoms with Crippen molar-refractivity contribution in [3.8, 4) is 34.5 Å². The number of rotatable bonds is 10. The molecule has 0 spiro atoms. The van der Waals surface area contributed by atoms with Crippen molar-refractivity contribution in [3.05, 3.63) is 145 Å². The van der Waals surface area contributed by atoms with E-state index in [1.165, 1.54) is 0 Å². The average Bonchev–Trinajstić information content (AvgIpc) is 3.11. The molecule has 50 heavy (non-hydrogen) atoms. The average molecular weight is 703 g/mol. The van der Waals surface area contributed by atoms with Crippen LogP contribution in [0.25, 0.3) is 0 Å². The summed E-state index contributed by atoms with van der Waals surface area (Å²) in [5, 5.41) is 1.51. The fourth-order valence-corrected chi connectivity index (χ4v) is 8.31. The summed E-state index contributed by atoms with van der Waals surface area (Å²) in [6.07, 6.45) is 0. The second-order valence-corrected chi connectivity index (χ2v) is 14.9. The van der Waals surface area contributed by atoms with E-state index in [1.54, 1.807) is 48.5 Å². The summed E-state index contributed by atoms with van der Waals surface area (Å²) < 4.78 is 33.3. The van der Waals surface area contributed by atoms with Gasteiger partial charge >= 0.3 is 16.8 Å². The number of nitrogen functional groups attached to an aromatic ring is 4. The first kappa shape index (κ1) is 32.9. The predicted octanol–water partition coefficient (Wildman–Crippen LogP) is 8.64. The molecule has 1 heterocycles. The second-order valence-electron chi connectivity index (χ2n) is 12.2. The third-order valence-electron chi connectivity index (χ3n) is 8.21. The lowest BCUT2D eigenvalue weighted by Gasteiger charge is -2.37. The number of benzene rings is 6. The minimum atomic E-state index is -1.77. The lowest BCUT2D eigenvalue weighted by molar-refractivity contribution is 0.420. The van der Waals surface area contributed by atoms with Gasteiger partial charge < -0.3 is 45.8 Å². The van der Waals surface area contributed by atoms with E-state index >= 15 is 0 Å². The highest BCUT2D eigenvalue weighted by molar-refractivity contribution is 7.57. The summed E-state index contributed by atoms with van der Waals surface area (Å²) in [6, 6.07) is 41.0. The van der Waals surface area contributed by atoms with Crippen LogP contribution in [-0.2, 0) is 5.41 Å². The molecule has 0 aromatic heterocycles. The van der Waals surface area contributed by atoms with Crippen LogP contribution in [0.4, 0.5) is 22.7 Å². The van der Waals surface area contributed by atoms with Crippen molar-refractivity contribution in [3.63, 3.8) is 0 Å². The van der Waals surface area contributed by atoms with E-state index in [0.29, 0.717) is 57.2 Å². The summed E-state index contributed by atoms with van der Waals surface area (Å²) >= 11 is 0. The summed E-state index contributed by atoms with van der Waals surface area (Å²) in [5.74, 6) is 3.70. The normalized spacial score (nSPS) is 12.8. The molecule has 6 aromatic carbocycles. The number of hydrogen-bond donors (Lipinski definition) is 4. The third-order valence-corrected chi connectivity index (χ3v) is 11.2. The molecule has 11 heteroatoms. The SMILES string of the molecule is CC1(C)c2cccc(P(Oc3ccc(N)cc3)Oc3ccc(N)cc3)c2Oc2c(P(Oc3ccc(N)cc3)Oc3ccc(N)cc3)cccc21. The van der Waals surface area contributed by atoms with Gasteiger partial charge in [-0.15, -0.1) is 0 Å². The molecule has 0 unspecified atom stereocenters. The molecule has 0 amide bonds. The van der Waals surface area contributed by atoms with E-state index in [9.17, 15) is 0 Å². The Labute approximate surface area is 293 Å². The topological polar surface area (TPSA) is 150 Å². The smallest absolute Gasteiger partial charge is 0.330 e. The fraction of sp³-hybridized carbons (Fsp3) is 0.0769. The van der Waals surface area contributed by atoms with E-state index in [4.69, 9.17) is 45.8 Å². The molecule has 0 atom stereocenters. The van der Waals surface area contributed by atoms with Crippen LogP contribution in [0.1, 0.15) is 25.0 Å². The number of ether oxygens (including phenoxy) is 1. The molecule has 8 N–H and O–H groups in total. The van der Waals surface area contributed by atoms with Gasteiger partial charge in [0.05, 0.1) is 10.6 Å². The summed E-state index contributed by atoms with van der Waals surface area (Å²) in [6.45, 7) is 4.35. The van der Waals surface area contributed by atoms with E-state index in [1.807, 2.05) is 72.8 Å². The Balaban J connectivity index is 1.33. The Morgan fingerprint density at radius 1 is 0.420 bits per heavy atom. The Kier molecular flexibility index (Phi) is 9.02. The van der Waals surface area contributed by atoms with Crippen molar-refractivity contribution in [2.45, 2.75) is 19.3 Å². The van der Waals surface area contributed by atoms with Crippen LogP contribution in [0.5, 0.6) is 34.5 Å². The molecule has 6 aromatic rings. The second kappa shape index (κ2) is 13.7.